The first-order valence-electron chi connectivity index (χ1n) is 11.5. The Bertz CT molecular complexity index is 1510. The third-order valence-corrected chi connectivity index (χ3v) is 8.66. The Kier molecular flexibility index (Phi) is 5.02. The van der Waals surface area contributed by atoms with Gasteiger partial charge in [-0.1, -0.05) is 6.92 Å². The zero-order valence-corrected chi connectivity index (χ0v) is 22.3. The zero-order valence-electron chi connectivity index (χ0n) is 20.7. The number of anilines is 1. The number of benzene rings is 2. The molecule has 180 valence electrons. The highest BCUT2D eigenvalue weighted by molar-refractivity contribution is 8.14. The Morgan fingerprint density at radius 1 is 1.18 bits per heavy atom. The van der Waals surface area contributed by atoms with E-state index in [9.17, 15) is 8.42 Å². The summed E-state index contributed by atoms with van der Waals surface area (Å²) in [6.07, 6.45) is 3.03. The van der Waals surface area contributed by atoms with E-state index in [1.165, 1.54) is 11.3 Å². The van der Waals surface area contributed by atoms with Gasteiger partial charge in [-0.2, -0.15) is 0 Å². The van der Waals surface area contributed by atoms with Crippen LogP contribution in [0.3, 0.4) is 0 Å². The topological polar surface area (TPSA) is 62.0 Å². The van der Waals surface area contributed by atoms with E-state index in [1.54, 1.807) is 0 Å². The van der Waals surface area contributed by atoms with Gasteiger partial charge in [0.05, 0.1) is 17.4 Å². The van der Waals surface area contributed by atoms with Crippen molar-refractivity contribution in [2.75, 3.05) is 24.7 Å². The average molecular weight is 501 g/mol. The van der Waals surface area contributed by atoms with Crippen molar-refractivity contribution in [2.45, 2.75) is 58.0 Å². The molecule has 5 rings (SSSR count). The number of nitrogens with zero attached hydrogens (tertiary/aromatic N) is 3. The smallest absolute Gasteiger partial charge is 0.236 e. The number of hydrogen-bond acceptors (Lipinski definition) is 5. The summed E-state index contributed by atoms with van der Waals surface area (Å²) in [5.41, 5.74) is 4.41. The normalized spacial score (nSPS) is 21.9. The Balaban J connectivity index is 1.71. The second-order valence-corrected chi connectivity index (χ2v) is 13.7. The predicted octanol–water partition coefficient (Wildman–Crippen LogP) is 4.33. The lowest BCUT2D eigenvalue weighted by Crippen LogP contribution is -2.47. The van der Waals surface area contributed by atoms with Crippen molar-refractivity contribution in [1.29, 1.82) is 0 Å². The molecular formula is C26H31ClN3O3S+. The summed E-state index contributed by atoms with van der Waals surface area (Å²) in [6, 6.07) is 8.12. The number of halogens is 1. The summed E-state index contributed by atoms with van der Waals surface area (Å²) in [4.78, 5) is 7.27. The minimum Gasteiger partial charge on any atom is -0.452 e. The second kappa shape index (κ2) is 7.31. The lowest BCUT2D eigenvalue weighted by molar-refractivity contribution is 0.393. The Morgan fingerprint density at radius 2 is 1.88 bits per heavy atom. The largest absolute Gasteiger partial charge is 0.452 e. The summed E-state index contributed by atoms with van der Waals surface area (Å²) in [7, 11) is 6.07. The lowest BCUT2D eigenvalue weighted by Gasteiger charge is -2.45. The summed E-state index contributed by atoms with van der Waals surface area (Å²) >= 11 is 0. The number of fused-ring (bicyclic) bond motifs is 4. The van der Waals surface area contributed by atoms with Crippen LogP contribution in [-0.2, 0) is 9.05 Å². The molecule has 2 aromatic carbocycles. The number of ether oxygens (including phenoxy) is 1. The minimum atomic E-state index is -3.72. The fourth-order valence-electron chi connectivity index (χ4n) is 5.48. The van der Waals surface area contributed by atoms with Gasteiger partial charge in [-0.15, -0.1) is 0 Å². The molecule has 34 heavy (non-hydrogen) atoms. The summed E-state index contributed by atoms with van der Waals surface area (Å²) in [6.45, 7) is 10.9. The number of hydrogen-bond donors (Lipinski definition) is 0. The zero-order chi connectivity index (χ0) is 24.8. The van der Waals surface area contributed by atoms with Gasteiger partial charge in [-0.3, -0.25) is 0 Å². The molecule has 0 amide bonds. The van der Waals surface area contributed by atoms with Crippen LogP contribution in [0.2, 0.25) is 0 Å². The summed E-state index contributed by atoms with van der Waals surface area (Å²) in [5.74, 6) is 1.57. The molecule has 0 fully saturated rings. The average Bonchev–Trinajstić information content (AvgIpc) is 2.71. The van der Waals surface area contributed by atoms with Crippen LogP contribution in [0, 0.1) is 0 Å². The first kappa shape index (κ1) is 23.4. The molecule has 3 aliphatic rings. The molecule has 0 aromatic heterocycles. The van der Waals surface area contributed by atoms with Gasteiger partial charge < -0.3 is 9.64 Å². The highest BCUT2D eigenvalue weighted by atomic mass is 35.7. The molecule has 6 nitrogen and oxygen atoms in total. The van der Waals surface area contributed by atoms with Crippen LogP contribution in [0.25, 0.3) is 5.57 Å². The Morgan fingerprint density at radius 3 is 2.56 bits per heavy atom. The van der Waals surface area contributed by atoms with E-state index >= 15 is 0 Å². The van der Waals surface area contributed by atoms with Crippen LogP contribution < -0.4 is 24.9 Å². The van der Waals surface area contributed by atoms with Gasteiger partial charge in [-0.25, -0.2) is 18.0 Å². The highest BCUT2D eigenvalue weighted by Gasteiger charge is 2.37. The van der Waals surface area contributed by atoms with Crippen LogP contribution >= 0.6 is 10.7 Å². The molecule has 8 heteroatoms. The van der Waals surface area contributed by atoms with E-state index in [0.29, 0.717) is 22.6 Å². The molecule has 0 bridgehead atoms. The maximum atomic E-state index is 12.0. The summed E-state index contributed by atoms with van der Waals surface area (Å²) in [5, 5.41) is 1.58. The van der Waals surface area contributed by atoms with Gasteiger partial charge in [0.1, 0.15) is 18.1 Å². The van der Waals surface area contributed by atoms with E-state index in [0.717, 1.165) is 28.8 Å². The van der Waals surface area contributed by atoms with Gasteiger partial charge in [0.2, 0.25) is 14.4 Å². The molecule has 0 N–H and O–H groups in total. The van der Waals surface area contributed by atoms with Crippen LogP contribution in [0.15, 0.2) is 35.3 Å². The standard InChI is InChI=1S/C26H31ClN3O3S/c1-15-12-25(2,3)29(6)21-10-23-19(8-17(15)21)28-20-9-18-16(14-34(27,31)32)13-26(4,5)30(7)22(18)11-24(20)33-23/h8-11,13,15H,12,14H2,1-7H3/q+1. The maximum Gasteiger partial charge on any atom is 0.236 e. The van der Waals surface area contributed by atoms with E-state index < -0.39 is 9.05 Å². The van der Waals surface area contributed by atoms with Crippen LogP contribution in [0.5, 0.6) is 11.5 Å². The van der Waals surface area contributed by atoms with Gasteiger partial charge in [0, 0.05) is 48.9 Å². The maximum absolute atomic E-state index is 12.0. The fourth-order valence-corrected chi connectivity index (χ4v) is 6.44. The molecule has 1 unspecified atom stereocenters. The molecule has 0 saturated carbocycles. The van der Waals surface area contributed by atoms with Crippen LogP contribution in [0.1, 0.15) is 58.1 Å². The molecule has 0 spiro atoms. The van der Waals surface area contributed by atoms with Crippen molar-refractivity contribution in [3.63, 3.8) is 0 Å². The number of rotatable bonds is 2. The van der Waals surface area contributed by atoms with Gasteiger partial charge >= 0.3 is 0 Å². The van der Waals surface area contributed by atoms with Crippen molar-refractivity contribution in [1.82, 2.24) is 4.58 Å². The molecule has 0 aliphatic carbocycles. The third-order valence-electron chi connectivity index (χ3n) is 7.68. The molecule has 0 saturated heterocycles. The second-order valence-electron chi connectivity index (χ2n) is 11.0. The Hall–Kier alpha value is -2.38. The van der Waals surface area contributed by atoms with Gasteiger partial charge in [0.25, 0.3) is 0 Å². The van der Waals surface area contributed by atoms with Crippen molar-refractivity contribution in [3.8, 4) is 11.5 Å². The third kappa shape index (κ3) is 3.73. The van der Waals surface area contributed by atoms with Gasteiger partial charge in [-0.05, 0) is 55.5 Å². The summed E-state index contributed by atoms with van der Waals surface area (Å²) < 4.78 is 32.4. The first-order chi connectivity index (χ1) is 15.7. The van der Waals surface area contributed by atoms with Crippen molar-refractivity contribution < 1.29 is 13.2 Å². The SMILES string of the molecule is CC1CC(C)(C)N(C)c2cc3c(cc21)N=c1cc2c(cc1O3)=[N+](C)C(C)(C)C=C2CS(=O)(=O)Cl. The number of likely N-dealkylation sites (N-methyl/N-ethyl adjacent to an activating group) is 1. The van der Waals surface area contributed by atoms with Crippen molar-refractivity contribution in [2.24, 2.45) is 4.99 Å². The molecule has 1 atom stereocenters. The van der Waals surface area contributed by atoms with Crippen molar-refractivity contribution in [3.05, 3.63) is 52.2 Å². The molecule has 3 heterocycles. The quantitative estimate of drug-likeness (QED) is 0.388. The molecule has 0 radical (unpaired) electrons. The molecular weight excluding hydrogens is 470 g/mol. The van der Waals surface area contributed by atoms with Crippen LogP contribution in [-0.4, -0.2) is 39.3 Å². The van der Waals surface area contributed by atoms with Crippen molar-refractivity contribution >= 4 is 36.7 Å². The van der Waals surface area contributed by atoms with E-state index in [2.05, 4.69) is 49.4 Å². The van der Waals surface area contributed by atoms with Gasteiger partial charge in [0.15, 0.2) is 17.0 Å². The van der Waals surface area contributed by atoms with E-state index in [1.807, 2.05) is 39.1 Å². The molecule has 3 aliphatic heterocycles. The molecule has 2 aromatic rings. The highest BCUT2D eigenvalue weighted by Crippen LogP contribution is 2.48. The Labute approximate surface area is 205 Å². The lowest BCUT2D eigenvalue weighted by atomic mass is 9.80. The predicted molar refractivity (Wildman–Crippen MR) is 138 cm³/mol. The fraction of sp³-hybridized carbons (Fsp3) is 0.462. The van der Waals surface area contributed by atoms with Crippen LogP contribution in [0.4, 0.5) is 11.4 Å². The van der Waals surface area contributed by atoms with E-state index in [4.69, 9.17) is 20.4 Å². The van der Waals surface area contributed by atoms with E-state index in [-0.39, 0.29) is 16.8 Å². The first-order valence-corrected chi connectivity index (χ1v) is 14.0. The minimum absolute atomic E-state index is 0.0588. The monoisotopic (exact) mass is 500 g/mol.